The molecule has 0 aromatic heterocycles. The predicted molar refractivity (Wildman–Crippen MR) is 37.5 cm³/mol. The van der Waals surface area contributed by atoms with Crippen molar-refractivity contribution in [3.63, 3.8) is 0 Å². The van der Waals surface area contributed by atoms with E-state index in [1.54, 1.807) is 0 Å². The van der Waals surface area contributed by atoms with Gasteiger partial charge in [0, 0.05) is 0 Å². The first-order chi connectivity index (χ1) is 5.02. The van der Waals surface area contributed by atoms with Crippen molar-refractivity contribution in [3.8, 4) is 0 Å². The molecule has 0 aliphatic heterocycles. The zero-order valence-corrected chi connectivity index (χ0v) is 6.23. The fraction of sp³-hybridized carbons (Fsp3) is 0.429. The summed E-state index contributed by atoms with van der Waals surface area (Å²) in [6.07, 6.45) is 1.04. The maximum absolute atomic E-state index is 12.0. The molecule has 1 rings (SSSR count). The maximum Gasteiger partial charge on any atom is 0.396 e. The molecule has 0 aromatic carbocycles. The van der Waals surface area contributed by atoms with Crippen LogP contribution in [-0.4, -0.2) is 11.6 Å². The van der Waals surface area contributed by atoms with Crippen LogP contribution in [0.2, 0.25) is 0 Å². The third-order valence-electron chi connectivity index (χ3n) is 1.45. The second kappa shape index (κ2) is 2.89. The zero-order chi connectivity index (χ0) is 8.48. The summed E-state index contributed by atoms with van der Waals surface area (Å²) in [4.78, 5) is 0. The van der Waals surface area contributed by atoms with Crippen LogP contribution in [0.1, 0.15) is 0 Å². The number of hydrogen-bond acceptors (Lipinski definition) is 0. The van der Waals surface area contributed by atoms with Crippen LogP contribution in [0.3, 0.4) is 0 Å². The van der Waals surface area contributed by atoms with Gasteiger partial charge in [-0.25, -0.2) is 0 Å². The lowest BCUT2D eigenvalue weighted by atomic mass is 10.0. The lowest BCUT2D eigenvalue weighted by molar-refractivity contribution is -0.159. The first-order valence-corrected chi connectivity index (χ1v) is 3.51. The van der Waals surface area contributed by atoms with E-state index >= 15 is 0 Å². The van der Waals surface area contributed by atoms with Gasteiger partial charge in [-0.1, -0.05) is 24.3 Å². The van der Waals surface area contributed by atoms with Crippen LogP contribution in [0.4, 0.5) is 13.2 Å². The number of rotatable bonds is 0. The lowest BCUT2D eigenvalue weighted by Gasteiger charge is -2.21. The second-order valence-electron chi connectivity index (χ2n) is 2.28. The Kier molecular flexibility index (Phi) is 2.28. The van der Waals surface area contributed by atoms with Crippen LogP contribution < -0.4 is 0 Å². The molecule has 11 heavy (non-hydrogen) atoms. The summed E-state index contributed by atoms with van der Waals surface area (Å²) in [5, 5.41) is -0.958. The van der Waals surface area contributed by atoms with E-state index in [2.05, 4.69) is 0 Å². The summed E-state index contributed by atoms with van der Waals surface area (Å²) >= 11 is 5.41. The normalized spacial score (nSPS) is 30.9. The standard InChI is InChI=1S/C7H6ClF3/c8-6-4-2-1-3-5(6)7(9,10)11/h1-6H. The lowest BCUT2D eigenvalue weighted by Crippen LogP contribution is -2.29. The molecule has 0 aromatic rings. The van der Waals surface area contributed by atoms with Gasteiger partial charge in [-0.05, 0) is 0 Å². The number of halogens is 4. The van der Waals surface area contributed by atoms with Gasteiger partial charge in [-0.15, -0.1) is 11.6 Å². The van der Waals surface area contributed by atoms with Gasteiger partial charge in [0.15, 0.2) is 0 Å². The fourth-order valence-electron chi connectivity index (χ4n) is 0.870. The summed E-state index contributed by atoms with van der Waals surface area (Å²) in [5.41, 5.74) is 0. The molecular formula is C7H6ClF3. The molecule has 1 aliphatic rings. The highest BCUT2D eigenvalue weighted by atomic mass is 35.5. The molecule has 0 saturated carbocycles. The molecule has 2 unspecified atom stereocenters. The number of hydrogen-bond donors (Lipinski definition) is 0. The molecule has 0 amide bonds. The number of alkyl halides is 4. The average molecular weight is 183 g/mol. The topological polar surface area (TPSA) is 0 Å². The van der Waals surface area contributed by atoms with Crippen molar-refractivity contribution < 1.29 is 13.2 Å². The van der Waals surface area contributed by atoms with Crippen LogP contribution in [0.5, 0.6) is 0 Å². The van der Waals surface area contributed by atoms with Gasteiger partial charge < -0.3 is 0 Å². The van der Waals surface area contributed by atoms with Gasteiger partial charge >= 0.3 is 6.18 Å². The van der Waals surface area contributed by atoms with Gasteiger partial charge in [0.2, 0.25) is 0 Å². The third kappa shape index (κ3) is 1.99. The van der Waals surface area contributed by atoms with Crippen molar-refractivity contribution in [1.29, 1.82) is 0 Å². The summed E-state index contributed by atoms with van der Waals surface area (Å²) in [5.74, 6) is -1.53. The van der Waals surface area contributed by atoms with Crippen LogP contribution in [-0.2, 0) is 0 Å². The first-order valence-electron chi connectivity index (χ1n) is 3.07. The van der Waals surface area contributed by atoms with Gasteiger partial charge in [0.25, 0.3) is 0 Å². The Morgan fingerprint density at radius 3 is 2.00 bits per heavy atom. The minimum absolute atomic E-state index is 0.958. The van der Waals surface area contributed by atoms with Gasteiger partial charge in [0.05, 0.1) is 11.3 Å². The van der Waals surface area contributed by atoms with Crippen LogP contribution in [0.15, 0.2) is 24.3 Å². The van der Waals surface area contributed by atoms with E-state index in [1.165, 1.54) is 18.2 Å². The summed E-state index contributed by atoms with van der Waals surface area (Å²) in [6.45, 7) is 0. The Hall–Kier alpha value is -0.440. The molecule has 1 aliphatic carbocycles. The Balaban J connectivity index is 2.74. The highest BCUT2D eigenvalue weighted by Crippen LogP contribution is 2.34. The Morgan fingerprint density at radius 1 is 1.09 bits per heavy atom. The second-order valence-corrected chi connectivity index (χ2v) is 2.79. The van der Waals surface area contributed by atoms with Crippen LogP contribution in [0.25, 0.3) is 0 Å². The van der Waals surface area contributed by atoms with Crippen molar-refractivity contribution in [2.24, 2.45) is 5.92 Å². The first kappa shape index (κ1) is 8.65. The van der Waals surface area contributed by atoms with Gasteiger partial charge in [0.1, 0.15) is 0 Å². The zero-order valence-electron chi connectivity index (χ0n) is 5.48. The average Bonchev–Trinajstić information content (AvgIpc) is 1.86. The van der Waals surface area contributed by atoms with E-state index in [9.17, 15) is 13.2 Å². The Morgan fingerprint density at radius 2 is 1.64 bits per heavy atom. The van der Waals surface area contributed by atoms with Crippen LogP contribution >= 0.6 is 11.6 Å². The molecular weight excluding hydrogens is 177 g/mol. The van der Waals surface area contributed by atoms with Gasteiger partial charge in [-0.2, -0.15) is 13.2 Å². The highest BCUT2D eigenvalue weighted by Gasteiger charge is 2.41. The SMILES string of the molecule is FC(F)(F)C1C=CC=CC1Cl. The summed E-state index contributed by atoms with van der Waals surface area (Å²) in [6, 6.07) is 0. The summed E-state index contributed by atoms with van der Waals surface area (Å²) in [7, 11) is 0. The monoisotopic (exact) mass is 182 g/mol. The molecule has 0 radical (unpaired) electrons. The minimum Gasteiger partial charge on any atom is -0.170 e. The van der Waals surface area contributed by atoms with E-state index in [0.29, 0.717) is 0 Å². The molecule has 0 spiro atoms. The quantitative estimate of drug-likeness (QED) is 0.506. The fourth-order valence-corrected chi connectivity index (χ4v) is 1.18. The Labute approximate surface area is 67.3 Å². The molecule has 0 heterocycles. The highest BCUT2D eigenvalue weighted by molar-refractivity contribution is 6.22. The molecule has 0 saturated heterocycles. The van der Waals surface area contributed by atoms with E-state index in [0.717, 1.165) is 6.08 Å². The van der Waals surface area contributed by atoms with E-state index in [1.807, 2.05) is 0 Å². The predicted octanol–water partition coefficient (Wildman–Crippen LogP) is 2.90. The Bertz CT molecular complexity index is 192. The van der Waals surface area contributed by atoms with E-state index in [4.69, 9.17) is 11.6 Å². The largest absolute Gasteiger partial charge is 0.396 e. The molecule has 2 atom stereocenters. The smallest absolute Gasteiger partial charge is 0.170 e. The van der Waals surface area contributed by atoms with Crippen molar-refractivity contribution in [3.05, 3.63) is 24.3 Å². The summed E-state index contributed by atoms with van der Waals surface area (Å²) < 4.78 is 36.1. The van der Waals surface area contributed by atoms with Crippen molar-refractivity contribution in [2.45, 2.75) is 11.6 Å². The minimum atomic E-state index is -4.23. The molecule has 4 heteroatoms. The van der Waals surface area contributed by atoms with Crippen molar-refractivity contribution in [1.82, 2.24) is 0 Å². The maximum atomic E-state index is 12.0. The molecule has 0 nitrogen and oxygen atoms in total. The van der Waals surface area contributed by atoms with Crippen LogP contribution in [0, 0.1) is 5.92 Å². The number of allylic oxidation sites excluding steroid dienone is 4. The molecule has 0 bridgehead atoms. The van der Waals surface area contributed by atoms with E-state index in [-0.39, 0.29) is 0 Å². The van der Waals surface area contributed by atoms with Gasteiger partial charge in [-0.3, -0.25) is 0 Å². The molecule has 0 N–H and O–H groups in total. The molecule has 0 fully saturated rings. The van der Waals surface area contributed by atoms with Crippen molar-refractivity contribution >= 4 is 11.6 Å². The van der Waals surface area contributed by atoms with Crippen molar-refractivity contribution in [2.75, 3.05) is 0 Å². The van der Waals surface area contributed by atoms with E-state index < -0.39 is 17.5 Å². The third-order valence-corrected chi connectivity index (χ3v) is 1.86. The molecule has 62 valence electrons.